The number of aryl methyl sites for hydroxylation is 2. The van der Waals surface area contributed by atoms with E-state index in [4.69, 9.17) is 9.47 Å². The molecule has 0 N–H and O–H groups in total. The molecule has 0 radical (unpaired) electrons. The van der Waals surface area contributed by atoms with Gasteiger partial charge in [0.25, 0.3) is 0 Å². The van der Waals surface area contributed by atoms with Gasteiger partial charge in [0.05, 0.1) is 30.0 Å². The molecule has 6 heteroatoms. The van der Waals surface area contributed by atoms with Gasteiger partial charge in [-0.1, -0.05) is 6.07 Å². The summed E-state index contributed by atoms with van der Waals surface area (Å²) in [4.78, 5) is 19.9. The second-order valence-electron chi connectivity index (χ2n) is 6.21. The Morgan fingerprint density at radius 3 is 2.48 bits per heavy atom. The molecule has 0 fully saturated rings. The lowest BCUT2D eigenvalue weighted by Crippen LogP contribution is -2.27. The fourth-order valence-corrected chi connectivity index (χ4v) is 3.78. The van der Waals surface area contributed by atoms with Gasteiger partial charge in [0.1, 0.15) is 0 Å². The minimum Gasteiger partial charge on any atom is -0.490 e. The van der Waals surface area contributed by atoms with Gasteiger partial charge in [-0.15, -0.1) is 11.3 Å². The summed E-state index contributed by atoms with van der Waals surface area (Å²) >= 11 is 1.64. The Kier molecular flexibility index (Phi) is 7.42. The van der Waals surface area contributed by atoms with Gasteiger partial charge in [-0.3, -0.25) is 4.79 Å². The molecule has 0 aliphatic heterocycles. The molecule has 1 aromatic carbocycles. The second kappa shape index (κ2) is 9.55. The van der Waals surface area contributed by atoms with E-state index < -0.39 is 0 Å². The van der Waals surface area contributed by atoms with Crippen LogP contribution in [0.5, 0.6) is 11.5 Å². The first kappa shape index (κ1) is 21.0. The Morgan fingerprint density at radius 2 is 1.89 bits per heavy atom. The highest BCUT2D eigenvalue weighted by molar-refractivity contribution is 7.11. The maximum atomic E-state index is 12.6. The number of hydrogen-bond acceptors (Lipinski definition) is 5. The van der Waals surface area contributed by atoms with Gasteiger partial charge >= 0.3 is 0 Å². The number of nitrogens with zero attached hydrogens (tertiary/aromatic N) is 2. The lowest BCUT2D eigenvalue weighted by atomic mass is 10.1. The van der Waals surface area contributed by atoms with Gasteiger partial charge in [-0.25, -0.2) is 4.98 Å². The highest BCUT2D eigenvalue weighted by Gasteiger charge is 2.20. The van der Waals surface area contributed by atoms with Crippen LogP contribution in [0, 0.1) is 13.8 Å². The third kappa shape index (κ3) is 5.32. The van der Waals surface area contributed by atoms with Gasteiger partial charge in [0.15, 0.2) is 11.5 Å². The van der Waals surface area contributed by atoms with Gasteiger partial charge in [-0.2, -0.15) is 0 Å². The summed E-state index contributed by atoms with van der Waals surface area (Å²) in [5.41, 5.74) is 1.88. The zero-order chi connectivity index (χ0) is 20.0. The Balaban J connectivity index is 2.13. The van der Waals surface area contributed by atoms with Crippen molar-refractivity contribution in [2.75, 3.05) is 20.3 Å². The lowest BCUT2D eigenvalue weighted by Gasteiger charge is -2.23. The summed E-state index contributed by atoms with van der Waals surface area (Å²) in [5.74, 6) is 1.34. The molecule has 0 aliphatic rings. The summed E-state index contributed by atoms with van der Waals surface area (Å²) < 4.78 is 11.2. The molecule has 0 saturated carbocycles. The van der Waals surface area contributed by atoms with E-state index in [2.05, 4.69) is 4.98 Å². The molecule has 0 aliphatic carbocycles. The molecular formula is C21H28N2O3S. The summed E-state index contributed by atoms with van der Waals surface area (Å²) in [6.45, 7) is 11.0. The van der Waals surface area contributed by atoms with E-state index in [1.807, 2.05) is 59.9 Å². The average Bonchev–Trinajstić information content (AvgIpc) is 2.98. The number of hydrogen-bond donors (Lipinski definition) is 0. The number of benzene rings is 1. The molecule has 1 heterocycles. The molecule has 0 bridgehead atoms. The van der Waals surface area contributed by atoms with Crippen LogP contribution >= 0.6 is 11.3 Å². The van der Waals surface area contributed by atoms with Crippen molar-refractivity contribution >= 4 is 23.3 Å². The highest BCUT2D eigenvalue weighted by atomic mass is 32.1. The smallest absolute Gasteiger partial charge is 0.246 e. The van der Waals surface area contributed by atoms with Crippen LogP contribution in [0.25, 0.3) is 6.08 Å². The highest BCUT2D eigenvalue weighted by Crippen LogP contribution is 2.30. The maximum absolute atomic E-state index is 12.6. The van der Waals surface area contributed by atoms with Crippen LogP contribution in [-0.2, 0) is 4.79 Å². The molecule has 0 saturated heterocycles. The zero-order valence-electron chi connectivity index (χ0n) is 16.9. The fourth-order valence-electron chi connectivity index (χ4n) is 2.76. The number of aromatic nitrogens is 1. The first-order chi connectivity index (χ1) is 12.9. The minimum absolute atomic E-state index is 0.0207. The van der Waals surface area contributed by atoms with E-state index in [1.54, 1.807) is 28.4 Å². The molecule has 1 atom stereocenters. The summed E-state index contributed by atoms with van der Waals surface area (Å²) in [6, 6.07) is 5.65. The van der Waals surface area contributed by atoms with Crippen molar-refractivity contribution in [1.29, 1.82) is 0 Å². The molecule has 0 spiro atoms. The molecule has 1 aromatic heterocycles. The Labute approximate surface area is 165 Å². The van der Waals surface area contributed by atoms with Crippen molar-refractivity contribution in [3.8, 4) is 11.5 Å². The Hall–Kier alpha value is -2.34. The van der Waals surface area contributed by atoms with Crippen LogP contribution in [0.4, 0.5) is 0 Å². The fraction of sp³-hybridized carbons (Fsp3) is 0.429. The third-order valence-corrected chi connectivity index (χ3v) is 5.48. The van der Waals surface area contributed by atoms with Crippen LogP contribution in [-0.4, -0.2) is 36.1 Å². The van der Waals surface area contributed by atoms with E-state index >= 15 is 0 Å². The van der Waals surface area contributed by atoms with Crippen LogP contribution in [0.3, 0.4) is 0 Å². The summed E-state index contributed by atoms with van der Waals surface area (Å²) in [7, 11) is 1.82. The van der Waals surface area contributed by atoms with Crippen molar-refractivity contribution in [3.63, 3.8) is 0 Å². The van der Waals surface area contributed by atoms with Crippen molar-refractivity contribution in [1.82, 2.24) is 9.88 Å². The summed E-state index contributed by atoms with van der Waals surface area (Å²) in [6.07, 6.45) is 3.39. The monoisotopic (exact) mass is 388 g/mol. The Bertz CT molecular complexity index is 814. The predicted molar refractivity (Wildman–Crippen MR) is 111 cm³/mol. The first-order valence-corrected chi connectivity index (χ1v) is 9.97. The van der Waals surface area contributed by atoms with Crippen LogP contribution in [0.15, 0.2) is 24.3 Å². The first-order valence-electron chi connectivity index (χ1n) is 9.15. The van der Waals surface area contributed by atoms with Gasteiger partial charge in [0, 0.05) is 18.0 Å². The second-order valence-corrected chi connectivity index (χ2v) is 7.45. The number of amides is 1. The average molecular weight is 389 g/mol. The lowest BCUT2D eigenvalue weighted by molar-refractivity contribution is -0.126. The van der Waals surface area contributed by atoms with Crippen molar-refractivity contribution < 1.29 is 14.3 Å². The van der Waals surface area contributed by atoms with E-state index in [0.29, 0.717) is 24.7 Å². The quantitative estimate of drug-likeness (QED) is 0.610. The largest absolute Gasteiger partial charge is 0.490 e. The standard InChI is InChI=1S/C21H28N2O3S/c1-7-25-18-11-9-17(13-19(18)26-8-2)10-12-20(24)23(6)15(4)21-14(3)22-16(5)27-21/h9-13,15H,7-8H2,1-6H3. The van der Waals surface area contributed by atoms with E-state index in [1.165, 1.54) is 0 Å². The van der Waals surface area contributed by atoms with Crippen LogP contribution in [0.2, 0.25) is 0 Å². The maximum Gasteiger partial charge on any atom is 0.246 e. The predicted octanol–water partition coefficient (Wildman–Crippen LogP) is 4.79. The number of ether oxygens (including phenoxy) is 2. The van der Waals surface area contributed by atoms with Crippen molar-refractivity contribution in [3.05, 3.63) is 45.4 Å². The SMILES string of the molecule is CCOc1ccc(C=CC(=O)N(C)C(C)c2sc(C)nc2C)cc1OCC. The number of likely N-dealkylation sites (N-methyl/N-ethyl adjacent to an activating group) is 1. The van der Waals surface area contributed by atoms with Gasteiger partial charge in [-0.05, 0) is 58.4 Å². The topological polar surface area (TPSA) is 51.7 Å². The Morgan fingerprint density at radius 1 is 1.22 bits per heavy atom. The van der Waals surface area contributed by atoms with Crippen molar-refractivity contribution in [2.24, 2.45) is 0 Å². The molecule has 146 valence electrons. The molecular weight excluding hydrogens is 360 g/mol. The molecule has 2 rings (SSSR count). The molecule has 5 nitrogen and oxygen atoms in total. The van der Waals surface area contributed by atoms with E-state index in [-0.39, 0.29) is 11.9 Å². The van der Waals surface area contributed by atoms with E-state index in [9.17, 15) is 4.79 Å². The van der Waals surface area contributed by atoms with Gasteiger partial charge < -0.3 is 14.4 Å². The number of carbonyl (C=O) groups excluding carboxylic acids is 1. The molecule has 1 unspecified atom stereocenters. The summed E-state index contributed by atoms with van der Waals surface area (Å²) in [5, 5.41) is 1.02. The minimum atomic E-state index is -0.0557. The molecule has 1 amide bonds. The normalized spacial score (nSPS) is 12.2. The van der Waals surface area contributed by atoms with Gasteiger partial charge in [0.2, 0.25) is 5.91 Å². The number of thiazole rings is 1. The number of carbonyl (C=O) groups is 1. The van der Waals surface area contributed by atoms with E-state index in [0.717, 1.165) is 21.1 Å². The van der Waals surface area contributed by atoms with Crippen LogP contribution in [0.1, 0.15) is 48.0 Å². The van der Waals surface area contributed by atoms with Crippen molar-refractivity contribution in [2.45, 2.75) is 40.7 Å². The molecule has 2 aromatic rings. The number of rotatable bonds is 8. The van der Waals surface area contributed by atoms with Crippen LogP contribution < -0.4 is 9.47 Å². The molecule has 27 heavy (non-hydrogen) atoms. The zero-order valence-corrected chi connectivity index (χ0v) is 17.7. The third-order valence-electron chi connectivity index (χ3n) is 4.23.